The van der Waals surface area contributed by atoms with Crippen molar-refractivity contribution in [3.05, 3.63) is 48.0 Å². The molecule has 3 rings (SSSR count). The van der Waals surface area contributed by atoms with E-state index in [-0.39, 0.29) is 6.10 Å². The van der Waals surface area contributed by atoms with Crippen molar-refractivity contribution in [3.8, 4) is 0 Å². The van der Waals surface area contributed by atoms with Gasteiger partial charge in [-0.05, 0) is 22.8 Å². The van der Waals surface area contributed by atoms with Gasteiger partial charge in [0.2, 0.25) is 0 Å². The zero-order valence-electron chi connectivity index (χ0n) is 11.4. The number of nitrogens with one attached hydrogen (secondary N) is 1. The fraction of sp³-hybridized carbons (Fsp3) is 0.412. The van der Waals surface area contributed by atoms with Gasteiger partial charge >= 0.3 is 0 Å². The van der Waals surface area contributed by atoms with Gasteiger partial charge in [-0.25, -0.2) is 0 Å². The van der Waals surface area contributed by atoms with Gasteiger partial charge in [-0.15, -0.1) is 0 Å². The number of fused-ring (bicyclic) bond motifs is 1. The standard InChI is InChI=1S/C17H21NO/c1-2-6-14-11-18-12-17(19-14)16-10-5-8-13-7-3-4-9-15(13)16/h3-5,7-10,14,17-18H,2,6,11-12H2,1H3. The van der Waals surface area contributed by atoms with Crippen LogP contribution in [0, 0.1) is 0 Å². The monoisotopic (exact) mass is 255 g/mol. The zero-order chi connectivity index (χ0) is 13.1. The first-order valence-corrected chi connectivity index (χ1v) is 7.22. The number of morpholine rings is 1. The molecule has 0 spiro atoms. The molecule has 100 valence electrons. The van der Waals surface area contributed by atoms with Gasteiger partial charge in [-0.1, -0.05) is 55.8 Å². The van der Waals surface area contributed by atoms with E-state index in [4.69, 9.17) is 4.74 Å². The highest BCUT2D eigenvalue weighted by atomic mass is 16.5. The summed E-state index contributed by atoms with van der Waals surface area (Å²) in [6, 6.07) is 15.0. The molecular weight excluding hydrogens is 234 g/mol. The average Bonchev–Trinajstić information content (AvgIpc) is 2.47. The third-order valence-corrected chi connectivity index (χ3v) is 3.84. The molecule has 0 radical (unpaired) electrons. The van der Waals surface area contributed by atoms with Gasteiger partial charge in [0.05, 0.1) is 12.2 Å². The van der Waals surface area contributed by atoms with Crippen molar-refractivity contribution in [1.29, 1.82) is 0 Å². The second kappa shape index (κ2) is 5.72. The van der Waals surface area contributed by atoms with Crippen LogP contribution < -0.4 is 5.32 Å². The summed E-state index contributed by atoms with van der Waals surface area (Å²) in [5.41, 5.74) is 1.31. The molecule has 2 nitrogen and oxygen atoms in total. The first-order chi connectivity index (χ1) is 9.38. The lowest BCUT2D eigenvalue weighted by Crippen LogP contribution is -2.40. The highest BCUT2D eigenvalue weighted by molar-refractivity contribution is 5.86. The molecule has 2 aromatic carbocycles. The molecule has 0 bridgehead atoms. The fourth-order valence-electron chi connectivity index (χ4n) is 2.91. The van der Waals surface area contributed by atoms with Gasteiger partial charge in [0.15, 0.2) is 0 Å². The highest BCUT2D eigenvalue weighted by Gasteiger charge is 2.23. The highest BCUT2D eigenvalue weighted by Crippen LogP contribution is 2.29. The van der Waals surface area contributed by atoms with Gasteiger partial charge in [0, 0.05) is 13.1 Å². The molecule has 1 heterocycles. The van der Waals surface area contributed by atoms with E-state index in [1.807, 2.05) is 0 Å². The molecule has 2 heteroatoms. The summed E-state index contributed by atoms with van der Waals surface area (Å²) in [5.74, 6) is 0. The normalized spacial score (nSPS) is 23.6. The quantitative estimate of drug-likeness (QED) is 0.903. The van der Waals surface area contributed by atoms with E-state index >= 15 is 0 Å². The van der Waals surface area contributed by atoms with Gasteiger partial charge in [-0.2, -0.15) is 0 Å². The van der Waals surface area contributed by atoms with Crippen molar-refractivity contribution in [2.75, 3.05) is 13.1 Å². The Hall–Kier alpha value is -1.38. The molecule has 19 heavy (non-hydrogen) atoms. The van der Waals surface area contributed by atoms with E-state index in [1.54, 1.807) is 0 Å². The summed E-state index contributed by atoms with van der Waals surface area (Å²) in [7, 11) is 0. The third-order valence-electron chi connectivity index (χ3n) is 3.84. The van der Waals surface area contributed by atoms with Crippen molar-refractivity contribution < 1.29 is 4.74 Å². The predicted molar refractivity (Wildman–Crippen MR) is 79.3 cm³/mol. The summed E-state index contributed by atoms with van der Waals surface area (Å²) in [6.07, 6.45) is 2.84. The van der Waals surface area contributed by atoms with Crippen LogP contribution in [0.4, 0.5) is 0 Å². The Kier molecular flexibility index (Phi) is 3.81. The minimum absolute atomic E-state index is 0.177. The second-order valence-corrected chi connectivity index (χ2v) is 5.26. The minimum atomic E-state index is 0.177. The van der Waals surface area contributed by atoms with Crippen LogP contribution in [0.3, 0.4) is 0 Å². The van der Waals surface area contributed by atoms with Crippen LogP contribution in [-0.2, 0) is 4.74 Å². The van der Waals surface area contributed by atoms with Crippen molar-refractivity contribution in [2.24, 2.45) is 0 Å². The maximum atomic E-state index is 6.26. The number of hydrogen-bond acceptors (Lipinski definition) is 2. The van der Waals surface area contributed by atoms with Gasteiger partial charge in [0.25, 0.3) is 0 Å². The Labute approximate surface area is 114 Å². The molecule has 0 aromatic heterocycles. The Morgan fingerprint density at radius 3 is 2.84 bits per heavy atom. The number of ether oxygens (including phenoxy) is 1. The van der Waals surface area contributed by atoms with Crippen molar-refractivity contribution >= 4 is 10.8 Å². The van der Waals surface area contributed by atoms with Crippen LogP contribution in [0.5, 0.6) is 0 Å². The lowest BCUT2D eigenvalue weighted by atomic mass is 9.99. The fourth-order valence-corrected chi connectivity index (χ4v) is 2.91. The molecule has 1 N–H and O–H groups in total. The first kappa shape index (κ1) is 12.6. The molecule has 1 fully saturated rings. The van der Waals surface area contributed by atoms with Crippen molar-refractivity contribution in [3.63, 3.8) is 0 Å². The third kappa shape index (κ3) is 2.65. The van der Waals surface area contributed by atoms with E-state index in [9.17, 15) is 0 Å². The van der Waals surface area contributed by atoms with Crippen molar-refractivity contribution in [1.82, 2.24) is 5.32 Å². The van der Waals surface area contributed by atoms with Crippen LogP contribution >= 0.6 is 0 Å². The van der Waals surface area contributed by atoms with E-state index in [2.05, 4.69) is 54.7 Å². The predicted octanol–water partition coefficient (Wildman–Crippen LogP) is 3.67. The van der Waals surface area contributed by atoms with Gasteiger partial charge in [0.1, 0.15) is 0 Å². The molecule has 2 aromatic rings. The van der Waals surface area contributed by atoms with Crippen molar-refractivity contribution in [2.45, 2.75) is 32.0 Å². The Balaban J connectivity index is 1.91. The SMILES string of the molecule is CCCC1CNCC(c2cccc3ccccc23)O1. The lowest BCUT2D eigenvalue weighted by Gasteiger charge is -2.31. The van der Waals surface area contributed by atoms with E-state index in [0.717, 1.165) is 19.5 Å². The first-order valence-electron chi connectivity index (χ1n) is 7.22. The van der Waals surface area contributed by atoms with Crippen LogP contribution in [0.2, 0.25) is 0 Å². The molecule has 0 aliphatic carbocycles. The van der Waals surface area contributed by atoms with Crippen LogP contribution in [0.1, 0.15) is 31.4 Å². The maximum absolute atomic E-state index is 6.26. The summed E-state index contributed by atoms with van der Waals surface area (Å²) in [6.45, 7) is 4.11. The molecule has 0 amide bonds. The Bertz CT molecular complexity index is 544. The second-order valence-electron chi connectivity index (χ2n) is 5.26. The van der Waals surface area contributed by atoms with E-state index in [0.29, 0.717) is 6.10 Å². The summed E-state index contributed by atoms with van der Waals surface area (Å²) in [4.78, 5) is 0. The summed E-state index contributed by atoms with van der Waals surface area (Å²) < 4.78 is 6.26. The Morgan fingerprint density at radius 1 is 1.11 bits per heavy atom. The van der Waals surface area contributed by atoms with E-state index in [1.165, 1.54) is 22.8 Å². The number of benzene rings is 2. The van der Waals surface area contributed by atoms with Crippen LogP contribution in [0.15, 0.2) is 42.5 Å². The molecule has 1 saturated heterocycles. The largest absolute Gasteiger partial charge is 0.368 e. The molecule has 0 saturated carbocycles. The average molecular weight is 255 g/mol. The smallest absolute Gasteiger partial charge is 0.0959 e. The maximum Gasteiger partial charge on any atom is 0.0959 e. The topological polar surface area (TPSA) is 21.3 Å². The van der Waals surface area contributed by atoms with Gasteiger partial charge in [-0.3, -0.25) is 0 Å². The molecule has 2 unspecified atom stereocenters. The Morgan fingerprint density at radius 2 is 1.95 bits per heavy atom. The molecule has 2 atom stereocenters. The molecular formula is C17H21NO. The lowest BCUT2D eigenvalue weighted by molar-refractivity contribution is -0.0418. The summed E-state index contributed by atoms with van der Waals surface area (Å²) in [5, 5.41) is 6.11. The van der Waals surface area contributed by atoms with Gasteiger partial charge < -0.3 is 10.1 Å². The minimum Gasteiger partial charge on any atom is -0.368 e. The van der Waals surface area contributed by atoms with Crippen LogP contribution in [0.25, 0.3) is 10.8 Å². The number of hydrogen-bond donors (Lipinski definition) is 1. The summed E-state index contributed by atoms with van der Waals surface area (Å²) >= 11 is 0. The number of rotatable bonds is 3. The molecule has 1 aliphatic heterocycles. The molecule has 1 aliphatic rings. The van der Waals surface area contributed by atoms with Crippen LogP contribution in [-0.4, -0.2) is 19.2 Å². The zero-order valence-corrected chi connectivity index (χ0v) is 11.4. The van der Waals surface area contributed by atoms with E-state index < -0.39 is 0 Å².